The molecule has 1 aliphatic carbocycles. The van der Waals surface area contributed by atoms with Crippen LogP contribution >= 0.6 is 0 Å². The Morgan fingerprint density at radius 1 is 1.10 bits per heavy atom. The lowest BCUT2D eigenvalue weighted by Gasteiger charge is -2.35. The quantitative estimate of drug-likeness (QED) is 0.637. The molecule has 0 unspecified atom stereocenters. The van der Waals surface area contributed by atoms with E-state index in [0.717, 1.165) is 48.3 Å². The zero-order valence-electron chi connectivity index (χ0n) is 18.4. The van der Waals surface area contributed by atoms with Crippen molar-refractivity contribution in [3.63, 3.8) is 0 Å². The van der Waals surface area contributed by atoms with Crippen molar-refractivity contribution in [3.05, 3.63) is 65.1 Å². The third-order valence-corrected chi connectivity index (χ3v) is 7.05. The molecule has 2 aliphatic heterocycles. The highest BCUT2D eigenvalue weighted by Gasteiger charge is 2.34. The van der Waals surface area contributed by atoms with E-state index in [4.69, 9.17) is 5.41 Å². The summed E-state index contributed by atoms with van der Waals surface area (Å²) < 4.78 is 13.8. The van der Waals surface area contributed by atoms with Crippen LogP contribution in [0.5, 0.6) is 0 Å². The summed E-state index contributed by atoms with van der Waals surface area (Å²) in [6, 6.07) is 5.65. The van der Waals surface area contributed by atoms with Gasteiger partial charge in [-0.25, -0.2) is 4.39 Å². The van der Waals surface area contributed by atoms with Gasteiger partial charge in [0.05, 0.1) is 0 Å². The van der Waals surface area contributed by atoms with Gasteiger partial charge < -0.3 is 9.80 Å². The van der Waals surface area contributed by atoms with Gasteiger partial charge in [0.15, 0.2) is 0 Å². The molecule has 160 valence electrons. The van der Waals surface area contributed by atoms with Crippen molar-refractivity contribution >= 4 is 11.5 Å². The van der Waals surface area contributed by atoms with E-state index in [1.54, 1.807) is 12.1 Å². The molecule has 2 heterocycles. The number of hydrogen-bond acceptors (Lipinski definition) is 2. The van der Waals surface area contributed by atoms with Crippen molar-refractivity contribution in [2.24, 2.45) is 5.92 Å². The van der Waals surface area contributed by atoms with Crippen LogP contribution in [0, 0.1) is 24.1 Å². The van der Waals surface area contributed by atoms with Crippen molar-refractivity contribution in [1.82, 2.24) is 9.80 Å². The number of likely N-dealkylation sites (tertiary alicyclic amines) is 1. The SMILES string of the molecule is C=C(c1cc(C)cc(F)c1)N1CCC(C2=CN(C3CCCCC3)C(=N)/C2=C\C)CC1. The van der Waals surface area contributed by atoms with Gasteiger partial charge in [-0.1, -0.05) is 31.9 Å². The van der Waals surface area contributed by atoms with Crippen LogP contribution in [-0.2, 0) is 0 Å². The molecular formula is C26H34FN3. The molecule has 0 atom stereocenters. The molecule has 1 saturated heterocycles. The second-order valence-electron chi connectivity index (χ2n) is 9.06. The average Bonchev–Trinajstić information content (AvgIpc) is 3.09. The van der Waals surface area contributed by atoms with Crippen LogP contribution < -0.4 is 0 Å². The molecule has 1 aromatic rings. The number of nitrogens with one attached hydrogen (secondary N) is 1. The largest absolute Gasteiger partial charge is 0.371 e. The van der Waals surface area contributed by atoms with Gasteiger partial charge in [0.1, 0.15) is 11.7 Å². The highest BCUT2D eigenvalue weighted by Crippen LogP contribution is 2.38. The molecule has 0 amide bonds. The summed E-state index contributed by atoms with van der Waals surface area (Å²) in [6.45, 7) is 10.1. The minimum atomic E-state index is -0.198. The number of piperidine rings is 1. The predicted octanol–water partition coefficient (Wildman–Crippen LogP) is 6.27. The monoisotopic (exact) mass is 407 g/mol. The first kappa shape index (κ1) is 20.9. The van der Waals surface area contributed by atoms with Crippen molar-refractivity contribution in [2.45, 2.75) is 64.8 Å². The summed E-state index contributed by atoms with van der Waals surface area (Å²) in [6.07, 6.45) is 12.8. The normalized spacial score (nSPS) is 22.7. The number of nitrogens with zero attached hydrogens (tertiary/aromatic N) is 2. The van der Waals surface area contributed by atoms with Gasteiger partial charge >= 0.3 is 0 Å². The summed E-state index contributed by atoms with van der Waals surface area (Å²) in [5.74, 6) is 0.973. The van der Waals surface area contributed by atoms with Crippen LogP contribution in [0.25, 0.3) is 5.70 Å². The van der Waals surface area contributed by atoms with E-state index in [2.05, 4.69) is 35.6 Å². The molecule has 0 spiro atoms. The molecule has 0 bridgehead atoms. The maximum Gasteiger partial charge on any atom is 0.132 e. The molecular weight excluding hydrogens is 373 g/mol. The van der Waals surface area contributed by atoms with E-state index in [1.807, 2.05) is 13.0 Å². The van der Waals surface area contributed by atoms with E-state index in [1.165, 1.54) is 37.7 Å². The summed E-state index contributed by atoms with van der Waals surface area (Å²) in [7, 11) is 0. The number of benzene rings is 1. The summed E-state index contributed by atoms with van der Waals surface area (Å²) in [4.78, 5) is 4.55. The summed E-state index contributed by atoms with van der Waals surface area (Å²) in [5.41, 5.74) is 5.19. The Balaban J connectivity index is 1.45. The molecule has 4 rings (SSSR count). The fourth-order valence-corrected chi connectivity index (χ4v) is 5.38. The van der Waals surface area contributed by atoms with E-state index in [9.17, 15) is 4.39 Å². The minimum absolute atomic E-state index is 0.198. The Morgan fingerprint density at radius 2 is 1.80 bits per heavy atom. The molecule has 3 aliphatic rings. The molecule has 0 aromatic heterocycles. The number of amidine groups is 1. The molecule has 2 fully saturated rings. The molecule has 1 N–H and O–H groups in total. The second kappa shape index (κ2) is 8.79. The zero-order valence-corrected chi connectivity index (χ0v) is 18.4. The standard InChI is InChI=1S/C26H34FN3/c1-4-24-25(17-30(26(24)28)23-8-6-5-7-9-23)20-10-12-29(13-11-20)19(3)21-14-18(2)15-22(27)16-21/h4,14-17,20,23,28H,3,5-13H2,1-2H3/b24-4-,28-26?. The first-order valence-corrected chi connectivity index (χ1v) is 11.4. The maximum atomic E-state index is 13.8. The van der Waals surface area contributed by atoms with Crippen molar-refractivity contribution in [2.75, 3.05) is 13.1 Å². The van der Waals surface area contributed by atoms with Crippen LogP contribution in [-0.4, -0.2) is 34.8 Å². The molecule has 4 heteroatoms. The van der Waals surface area contributed by atoms with Crippen LogP contribution in [0.4, 0.5) is 4.39 Å². The molecule has 0 radical (unpaired) electrons. The predicted molar refractivity (Wildman–Crippen MR) is 123 cm³/mol. The van der Waals surface area contributed by atoms with Gasteiger partial charge in [-0.3, -0.25) is 5.41 Å². The topological polar surface area (TPSA) is 30.3 Å². The molecule has 1 aromatic carbocycles. The lowest BCUT2D eigenvalue weighted by Crippen LogP contribution is -2.34. The number of rotatable bonds is 4. The Morgan fingerprint density at radius 3 is 2.43 bits per heavy atom. The zero-order chi connectivity index (χ0) is 21.3. The number of aryl methyl sites for hydroxylation is 1. The third kappa shape index (κ3) is 4.10. The first-order chi connectivity index (χ1) is 14.5. The third-order valence-electron chi connectivity index (χ3n) is 7.05. The average molecular weight is 408 g/mol. The van der Waals surface area contributed by atoms with Gasteiger partial charge in [-0.2, -0.15) is 0 Å². The summed E-state index contributed by atoms with van der Waals surface area (Å²) in [5, 5.41) is 8.75. The maximum absolute atomic E-state index is 13.8. The highest BCUT2D eigenvalue weighted by atomic mass is 19.1. The lowest BCUT2D eigenvalue weighted by atomic mass is 9.85. The first-order valence-electron chi connectivity index (χ1n) is 11.4. The van der Waals surface area contributed by atoms with Crippen molar-refractivity contribution < 1.29 is 4.39 Å². The Bertz CT molecular complexity index is 863. The number of allylic oxidation sites excluding steroid dienone is 1. The van der Waals surface area contributed by atoms with E-state index in [-0.39, 0.29) is 5.82 Å². The fourth-order valence-electron chi connectivity index (χ4n) is 5.38. The number of hydrogen-bond donors (Lipinski definition) is 1. The molecule has 1 saturated carbocycles. The van der Waals surface area contributed by atoms with Crippen LogP contribution in [0.2, 0.25) is 0 Å². The van der Waals surface area contributed by atoms with Gasteiger partial charge in [0.2, 0.25) is 0 Å². The smallest absolute Gasteiger partial charge is 0.132 e. The van der Waals surface area contributed by atoms with Crippen LogP contribution in [0.15, 0.2) is 48.2 Å². The number of halogens is 1. The highest BCUT2D eigenvalue weighted by molar-refractivity contribution is 6.03. The fraction of sp³-hybridized carbons (Fsp3) is 0.500. The van der Waals surface area contributed by atoms with E-state index in [0.29, 0.717) is 17.8 Å². The Hall–Kier alpha value is -2.36. The second-order valence-corrected chi connectivity index (χ2v) is 9.06. The van der Waals surface area contributed by atoms with E-state index < -0.39 is 0 Å². The van der Waals surface area contributed by atoms with Gasteiger partial charge in [-0.15, -0.1) is 0 Å². The van der Waals surface area contributed by atoms with Crippen molar-refractivity contribution in [3.8, 4) is 0 Å². The Kier molecular flexibility index (Phi) is 6.12. The summed E-state index contributed by atoms with van der Waals surface area (Å²) >= 11 is 0. The minimum Gasteiger partial charge on any atom is -0.371 e. The lowest BCUT2D eigenvalue weighted by molar-refractivity contribution is 0.276. The van der Waals surface area contributed by atoms with Gasteiger partial charge in [0.25, 0.3) is 0 Å². The van der Waals surface area contributed by atoms with Crippen LogP contribution in [0.3, 0.4) is 0 Å². The van der Waals surface area contributed by atoms with Gasteiger partial charge in [-0.05, 0) is 74.8 Å². The Labute approximate surface area is 180 Å². The molecule has 30 heavy (non-hydrogen) atoms. The molecule has 3 nitrogen and oxygen atoms in total. The van der Waals surface area contributed by atoms with Gasteiger partial charge in [0, 0.05) is 42.2 Å². The van der Waals surface area contributed by atoms with Crippen molar-refractivity contribution in [1.29, 1.82) is 5.41 Å². The van der Waals surface area contributed by atoms with Crippen LogP contribution in [0.1, 0.15) is 63.0 Å². The van der Waals surface area contributed by atoms with E-state index >= 15 is 0 Å².